The van der Waals surface area contributed by atoms with Gasteiger partial charge in [0.2, 0.25) is 0 Å². The van der Waals surface area contributed by atoms with Crippen molar-refractivity contribution >= 4 is 0 Å². The molecule has 114 valence electrons. The Morgan fingerprint density at radius 3 is 1.86 bits per heavy atom. The minimum atomic E-state index is 0.214. The van der Waals surface area contributed by atoms with E-state index in [2.05, 4.69) is 17.4 Å². The topological polar surface area (TPSA) is 24.5 Å². The van der Waals surface area contributed by atoms with Gasteiger partial charge >= 0.3 is 0 Å². The molecule has 1 heterocycles. The first-order valence-corrected chi connectivity index (χ1v) is 7.51. The normalized spacial score (nSPS) is 17.2. The van der Waals surface area contributed by atoms with Gasteiger partial charge in [-0.25, -0.2) is 0 Å². The molecular formula is C18H26N2O. The van der Waals surface area contributed by atoms with Crippen molar-refractivity contribution in [2.24, 2.45) is 0 Å². The summed E-state index contributed by atoms with van der Waals surface area (Å²) in [6, 6.07) is 22.3. The third kappa shape index (κ3) is 6.08. The van der Waals surface area contributed by atoms with Crippen LogP contribution in [0.3, 0.4) is 0 Å². The fraction of sp³-hybridized carbons (Fsp3) is 0.333. The van der Waals surface area contributed by atoms with Crippen molar-refractivity contribution in [3.63, 3.8) is 0 Å². The Kier molecular flexibility index (Phi) is 9.13. The molecule has 0 aromatic heterocycles. The Balaban J connectivity index is 0.000000231. The van der Waals surface area contributed by atoms with Gasteiger partial charge in [0.05, 0.1) is 7.11 Å². The fourth-order valence-electron chi connectivity index (χ4n) is 2.04. The lowest BCUT2D eigenvalue weighted by atomic mass is 10.2. The lowest BCUT2D eigenvalue weighted by Gasteiger charge is -2.21. The van der Waals surface area contributed by atoms with Crippen LogP contribution in [0.4, 0.5) is 0 Å². The molecule has 0 spiro atoms. The molecule has 0 saturated carbocycles. The van der Waals surface area contributed by atoms with Crippen molar-refractivity contribution < 1.29 is 4.84 Å². The predicted octanol–water partition coefficient (Wildman–Crippen LogP) is 3.86. The molecule has 3 nitrogen and oxygen atoms in total. The molecule has 0 aliphatic carbocycles. The van der Waals surface area contributed by atoms with Crippen LogP contribution in [-0.4, -0.2) is 25.3 Å². The zero-order valence-corrected chi connectivity index (χ0v) is 13.2. The average Bonchev–Trinajstić information content (AvgIpc) is 3.08. The molecule has 1 aliphatic heterocycles. The maximum atomic E-state index is 5.25. The van der Waals surface area contributed by atoms with Gasteiger partial charge in [0.1, 0.15) is 6.17 Å². The van der Waals surface area contributed by atoms with Gasteiger partial charge in [-0.2, -0.15) is 5.06 Å². The Labute approximate surface area is 128 Å². The smallest absolute Gasteiger partial charge is 0.110 e. The monoisotopic (exact) mass is 286 g/mol. The van der Waals surface area contributed by atoms with Gasteiger partial charge in [0.25, 0.3) is 0 Å². The van der Waals surface area contributed by atoms with Gasteiger partial charge in [-0.05, 0) is 5.56 Å². The van der Waals surface area contributed by atoms with Crippen molar-refractivity contribution in [1.29, 1.82) is 0 Å². The maximum Gasteiger partial charge on any atom is 0.110 e. The van der Waals surface area contributed by atoms with Crippen LogP contribution in [-0.2, 0) is 4.84 Å². The number of rotatable bonds is 2. The number of nitrogens with one attached hydrogen (secondary N) is 1. The molecule has 0 radical (unpaired) electrons. The first kappa shape index (κ1) is 17.4. The summed E-state index contributed by atoms with van der Waals surface area (Å²) in [5.41, 5.74) is 1.25. The molecular weight excluding hydrogens is 260 g/mol. The molecule has 3 rings (SSSR count). The van der Waals surface area contributed by atoms with Crippen LogP contribution in [0.5, 0.6) is 0 Å². The number of hydroxylamine groups is 2. The quantitative estimate of drug-likeness (QED) is 0.907. The number of nitrogens with zero attached hydrogens (tertiary/aromatic N) is 1. The summed E-state index contributed by atoms with van der Waals surface area (Å²) in [4.78, 5) is 5.25. The summed E-state index contributed by atoms with van der Waals surface area (Å²) in [5.74, 6) is 0. The van der Waals surface area contributed by atoms with Crippen molar-refractivity contribution in [1.82, 2.24) is 10.4 Å². The average molecular weight is 286 g/mol. The lowest BCUT2D eigenvalue weighted by Crippen LogP contribution is -2.26. The zero-order valence-electron chi connectivity index (χ0n) is 13.2. The van der Waals surface area contributed by atoms with Gasteiger partial charge in [-0.15, -0.1) is 0 Å². The van der Waals surface area contributed by atoms with Crippen LogP contribution in [0.15, 0.2) is 66.7 Å². The minimum Gasteiger partial charge on any atom is -0.300 e. The van der Waals surface area contributed by atoms with Gasteiger partial charge in [0, 0.05) is 13.1 Å². The Bertz CT molecular complexity index is 421. The third-order valence-electron chi connectivity index (χ3n) is 2.97. The highest BCUT2D eigenvalue weighted by Crippen LogP contribution is 2.20. The molecule has 1 saturated heterocycles. The summed E-state index contributed by atoms with van der Waals surface area (Å²) in [5, 5.41) is 5.33. The highest BCUT2D eigenvalue weighted by molar-refractivity contribution is 5.18. The van der Waals surface area contributed by atoms with Crippen LogP contribution >= 0.6 is 0 Å². The van der Waals surface area contributed by atoms with Gasteiger partial charge < -0.3 is 4.84 Å². The number of hydrogen-bond acceptors (Lipinski definition) is 3. The second kappa shape index (κ2) is 11.0. The van der Waals surface area contributed by atoms with Crippen LogP contribution < -0.4 is 5.32 Å². The van der Waals surface area contributed by atoms with Gasteiger partial charge in [-0.1, -0.05) is 80.6 Å². The van der Waals surface area contributed by atoms with Crippen molar-refractivity contribution in [3.05, 3.63) is 72.3 Å². The molecule has 1 atom stereocenters. The van der Waals surface area contributed by atoms with E-state index in [-0.39, 0.29) is 6.17 Å². The van der Waals surface area contributed by atoms with E-state index in [0.29, 0.717) is 0 Å². The summed E-state index contributed by atoms with van der Waals surface area (Å²) < 4.78 is 0. The third-order valence-corrected chi connectivity index (χ3v) is 2.97. The zero-order chi connectivity index (χ0) is 15.3. The highest BCUT2D eigenvalue weighted by Gasteiger charge is 2.24. The molecule has 3 heteroatoms. The maximum absolute atomic E-state index is 5.25. The second-order valence-electron chi connectivity index (χ2n) is 4.25. The molecule has 1 N–H and O–H groups in total. The van der Waals surface area contributed by atoms with E-state index < -0.39 is 0 Å². The fourth-order valence-corrected chi connectivity index (χ4v) is 2.04. The van der Waals surface area contributed by atoms with Crippen molar-refractivity contribution in [2.75, 3.05) is 20.2 Å². The molecule has 0 amide bonds. The standard InChI is InChI=1S/C10H14N2O.C6H6.C2H6/c1-13-12-8-7-11-10(12)9-5-3-2-4-6-9;1-2-4-6-5-3-1;1-2/h2-6,10-11H,7-8H2,1H3;1-6H;1-2H3. The minimum absolute atomic E-state index is 0.214. The Hall–Kier alpha value is -1.68. The van der Waals surface area contributed by atoms with E-state index in [0.717, 1.165) is 13.1 Å². The molecule has 21 heavy (non-hydrogen) atoms. The summed E-state index contributed by atoms with van der Waals surface area (Å²) in [6.07, 6.45) is 0.214. The van der Waals surface area contributed by atoms with Crippen LogP contribution in [0.2, 0.25) is 0 Å². The highest BCUT2D eigenvalue weighted by atomic mass is 16.7. The van der Waals surface area contributed by atoms with E-state index in [9.17, 15) is 0 Å². The van der Waals surface area contributed by atoms with E-state index in [1.165, 1.54) is 5.56 Å². The molecule has 0 bridgehead atoms. The predicted molar refractivity (Wildman–Crippen MR) is 88.7 cm³/mol. The summed E-state index contributed by atoms with van der Waals surface area (Å²) >= 11 is 0. The van der Waals surface area contributed by atoms with E-state index in [1.54, 1.807) is 7.11 Å². The molecule has 1 aliphatic rings. The van der Waals surface area contributed by atoms with Crippen molar-refractivity contribution in [2.45, 2.75) is 20.0 Å². The lowest BCUT2D eigenvalue weighted by molar-refractivity contribution is -0.145. The molecule has 2 aromatic rings. The Morgan fingerprint density at radius 1 is 0.905 bits per heavy atom. The van der Waals surface area contributed by atoms with E-state index in [4.69, 9.17) is 4.84 Å². The first-order valence-electron chi connectivity index (χ1n) is 7.51. The van der Waals surface area contributed by atoms with Crippen molar-refractivity contribution in [3.8, 4) is 0 Å². The van der Waals surface area contributed by atoms with Crippen LogP contribution in [0.1, 0.15) is 25.6 Å². The van der Waals surface area contributed by atoms with Crippen LogP contribution in [0, 0.1) is 0 Å². The van der Waals surface area contributed by atoms with E-state index in [1.807, 2.05) is 73.5 Å². The number of benzene rings is 2. The number of hydrogen-bond donors (Lipinski definition) is 1. The molecule has 1 fully saturated rings. The van der Waals surface area contributed by atoms with Crippen LogP contribution in [0.25, 0.3) is 0 Å². The largest absolute Gasteiger partial charge is 0.300 e. The van der Waals surface area contributed by atoms with Gasteiger partial charge in [-0.3, -0.25) is 5.32 Å². The second-order valence-corrected chi connectivity index (χ2v) is 4.25. The molecule has 1 unspecified atom stereocenters. The van der Waals surface area contributed by atoms with Gasteiger partial charge in [0.15, 0.2) is 0 Å². The Morgan fingerprint density at radius 2 is 1.38 bits per heavy atom. The molecule has 2 aromatic carbocycles. The summed E-state index contributed by atoms with van der Waals surface area (Å²) in [6.45, 7) is 5.92. The first-order chi connectivity index (χ1) is 10.4. The van der Waals surface area contributed by atoms with E-state index >= 15 is 0 Å². The SMILES string of the molecule is CC.CON1CCNC1c1ccccc1.c1ccccc1. The summed E-state index contributed by atoms with van der Waals surface area (Å²) in [7, 11) is 1.71.